The molecule has 0 heterocycles. The Hall–Kier alpha value is -0.830. The molecule has 0 aliphatic rings. The summed E-state index contributed by atoms with van der Waals surface area (Å²) in [5.41, 5.74) is 1.26. The van der Waals surface area contributed by atoms with Crippen LogP contribution < -0.4 is 10.6 Å². The molecule has 3 heteroatoms. The molecule has 16 heavy (non-hydrogen) atoms. The van der Waals surface area contributed by atoms with Gasteiger partial charge in [0.1, 0.15) is 0 Å². The highest BCUT2D eigenvalue weighted by molar-refractivity contribution is 5.81. The molecule has 0 aromatic heterocycles. The maximum Gasteiger partial charge on any atom is 0.237 e. The van der Waals surface area contributed by atoms with E-state index in [9.17, 15) is 4.79 Å². The number of rotatable bonds is 7. The molecule has 3 nitrogen and oxygen atoms in total. The molecule has 1 amide bonds. The summed E-state index contributed by atoms with van der Waals surface area (Å²) in [5, 5.41) is 6.17. The topological polar surface area (TPSA) is 41.1 Å². The molecule has 94 valence electrons. The summed E-state index contributed by atoms with van der Waals surface area (Å²) in [4.78, 5) is 11.7. The second kappa shape index (κ2) is 8.34. The van der Waals surface area contributed by atoms with E-state index >= 15 is 0 Å². The molecule has 2 unspecified atom stereocenters. The second-order valence-electron chi connectivity index (χ2n) is 4.61. The monoisotopic (exact) mass is 226 g/mol. The largest absolute Gasteiger partial charge is 0.352 e. The molecule has 0 saturated carbocycles. The first-order chi connectivity index (χ1) is 7.47. The van der Waals surface area contributed by atoms with Crippen LogP contribution in [0.2, 0.25) is 0 Å². The highest BCUT2D eigenvalue weighted by Crippen LogP contribution is 1.95. The maximum atomic E-state index is 11.7. The molecule has 0 spiro atoms. The first-order valence-corrected chi connectivity index (χ1v) is 6.14. The highest BCUT2D eigenvalue weighted by atomic mass is 16.2. The van der Waals surface area contributed by atoms with Crippen molar-refractivity contribution in [3.8, 4) is 0 Å². The first-order valence-electron chi connectivity index (χ1n) is 6.14. The molecule has 0 fully saturated rings. The van der Waals surface area contributed by atoms with E-state index in [1.165, 1.54) is 5.57 Å². The molecule has 0 bridgehead atoms. The van der Waals surface area contributed by atoms with Gasteiger partial charge in [0.25, 0.3) is 0 Å². The van der Waals surface area contributed by atoms with Crippen LogP contribution in [-0.4, -0.2) is 24.5 Å². The predicted octanol–water partition coefficient (Wildman–Crippen LogP) is 2.24. The van der Waals surface area contributed by atoms with Crippen LogP contribution in [0.5, 0.6) is 0 Å². The summed E-state index contributed by atoms with van der Waals surface area (Å²) in [6.07, 6.45) is 4.21. The number of carbonyl (C=O) groups is 1. The number of hydrogen-bond acceptors (Lipinski definition) is 2. The molecule has 0 saturated heterocycles. The lowest BCUT2D eigenvalue weighted by Crippen LogP contribution is -2.45. The van der Waals surface area contributed by atoms with Crippen molar-refractivity contribution in [3.05, 3.63) is 11.6 Å². The Morgan fingerprint density at radius 2 is 1.94 bits per heavy atom. The van der Waals surface area contributed by atoms with E-state index in [0.717, 1.165) is 19.4 Å². The molecule has 0 aromatic rings. The lowest BCUT2D eigenvalue weighted by molar-refractivity contribution is -0.123. The Bertz CT molecular complexity index is 232. The Balaban J connectivity index is 3.85. The molecule has 0 aliphatic carbocycles. The van der Waals surface area contributed by atoms with Gasteiger partial charge in [-0.25, -0.2) is 0 Å². The fourth-order valence-electron chi connectivity index (χ4n) is 1.41. The third kappa shape index (κ3) is 7.46. The third-order valence-corrected chi connectivity index (χ3v) is 2.44. The Labute approximate surface area is 99.7 Å². The van der Waals surface area contributed by atoms with Crippen molar-refractivity contribution in [2.75, 3.05) is 6.54 Å². The minimum absolute atomic E-state index is 0.0862. The van der Waals surface area contributed by atoms with E-state index in [1.54, 1.807) is 0 Å². The van der Waals surface area contributed by atoms with Gasteiger partial charge < -0.3 is 10.6 Å². The van der Waals surface area contributed by atoms with Crippen molar-refractivity contribution in [3.63, 3.8) is 0 Å². The van der Waals surface area contributed by atoms with Crippen molar-refractivity contribution in [2.45, 2.75) is 59.5 Å². The maximum absolute atomic E-state index is 11.7. The molecule has 0 aromatic carbocycles. The zero-order valence-electron chi connectivity index (χ0n) is 11.3. The summed E-state index contributed by atoms with van der Waals surface area (Å²) in [6, 6.07) is 0.139. The third-order valence-electron chi connectivity index (χ3n) is 2.44. The fourth-order valence-corrected chi connectivity index (χ4v) is 1.41. The summed E-state index contributed by atoms with van der Waals surface area (Å²) < 4.78 is 0. The SMILES string of the molecule is CCCC(C)NC(=O)C(C)NCC=C(C)C. The van der Waals surface area contributed by atoms with Crippen LogP contribution in [0.3, 0.4) is 0 Å². The molecule has 0 aliphatic heterocycles. The minimum Gasteiger partial charge on any atom is -0.352 e. The lowest BCUT2D eigenvalue weighted by Gasteiger charge is -2.17. The predicted molar refractivity (Wildman–Crippen MR) is 69.4 cm³/mol. The minimum atomic E-state index is -0.130. The Kier molecular flexibility index (Phi) is 7.90. The van der Waals surface area contributed by atoms with Crippen LogP contribution in [0.15, 0.2) is 11.6 Å². The average molecular weight is 226 g/mol. The van der Waals surface area contributed by atoms with Gasteiger partial charge >= 0.3 is 0 Å². The Morgan fingerprint density at radius 3 is 2.44 bits per heavy atom. The van der Waals surface area contributed by atoms with E-state index in [1.807, 2.05) is 13.8 Å². The zero-order chi connectivity index (χ0) is 12.6. The van der Waals surface area contributed by atoms with Gasteiger partial charge in [-0.15, -0.1) is 0 Å². The summed E-state index contributed by atoms with van der Waals surface area (Å²) in [5.74, 6) is 0.0862. The van der Waals surface area contributed by atoms with Crippen molar-refractivity contribution in [1.29, 1.82) is 0 Å². The molecular formula is C13H26N2O. The number of carbonyl (C=O) groups excluding carboxylic acids is 1. The van der Waals surface area contributed by atoms with Crippen LogP contribution in [0, 0.1) is 0 Å². The molecule has 2 atom stereocenters. The average Bonchev–Trinajstić information content (AvgIpc) is 2.17. The van der Waals surface area contributed by atoms with Crippen molar-refractivity contribution in [2.24, 2.45) is 0 Å². The number of nitrogens with one attached hydrogen (secondary N) is 2. The van der Waals surface area contributed by atoms with Gasteiger partial charge in [0.15, 0.2) is 0 Å². The van der Waals surface area contributed by atoms with E-state index in [4.69, 9.17) is 0 Å². The van der Waals surface area contributed by atoms with Crippen molar-refractivity contribution >= 4 is 5.91 Å². The quantitative estimate of drug-likeness (QED) is 0.654. The van der Waals surface area contributed by atoms with E-state index < -0.39 is 0 Å². The van der Waals surface area contributed by atoms with E-state index in [0.29, 0.717) is 0 Å². The normalized spacial score (nSPS) is 14.1. The highest BCUT2D eigenvalue weighted by Gasteiger charge is 2.13. The summed E-state index contributed by atoms with van der Waals surface area (Å²) >= 11 is 0. The van der Waals surface area contributed by atoms with Crippen LogP contribution in [0.25, 0.3) is 0 Å². The van der Waals surface area contributed by atoms with Gasteiger partial charge in [0.05, 0.1) is 6.04 Å². The van der Waals surface area contributed by atoms with Crippen LogP contribution in [0.4, 0.5) is 0 Å². The van der Waals surface area contributed by atoms with Gasteiger partial charge in [-0.1, -0.05) is 25.0 Å². The van der Waals surface area contributed by atoms with Gasteiger partial charge in [-0.2, -0.15) is 0 Å². The van der Waals surface area contributed by atoms with Crippen molar-refractivity contribution in [1.82, 2.24) is 10.6 Å². The van der Waals surface area contributed by atoms with Gasteiger partial charge in [-0.3, -0.25) is 4.79 Å². The molecular weight excluding hydrogens is 200 g/mol. The van der Waals surface area contributed by atoms with Crippen LogP contribution in [0.1, 0.15) is 47.5 Å². The Morgan fingerprint density at radius 1 is 1.31 bits per heavy atom. The molecule has 0 radical (unpaired) electrons. The first kappa shape index (κ1) is 15.2. The van der Waals surface area contributed by atoms with E-state index in [2.05, 4.69) is 37.5 Å². The standard InChI is InChI=1S/C13H26N2O/c1-6-7-11(4)15-13(16)12(5)14-9-8-10(2)3/h8,11-12,14H,6-7,9H2,1-5H3,(H,15,16). The second-order valence-corrected chi connectivity index (χ2v) is 4.61. The number of allylic oxidation sites excluding steroid dienone is 1. The summed E-state index contributed by atoms with van der Waals surface area (Å²) in [6.45, 7) is 10.9. The van der Waals surface area contributed by atoms with E-state index in [-0.39, 0.29) is 18.0 Å². The van der Waals surface area contributed by atoms with Crippen LogP contribution >= 0.6 is 0 Å². The zero-order valence-corrected chi connectivity index (χ0v) is 11.3. The smallest absolute Gasteiger partial charge is 0.237 e. The van der Waals surface area contributed by atoms with Crippen LogP contribution in [-0.2, 0) is 4.79 Å². The summed E-state index contributed by atoms with van der Waals surface area (Å²) in [7, 11) is 0. The van der Waals surface area contributed by atoms with Gasteiger partial charge in [0.2, 0.25) is 5.91 Å². The molecule has 2 N–H and O–H groups in total. The number of amides is 1. The lowest BCUT2D eigenvalue weighted by atomic mass is 10.2. The van der Waals surface area contributed by atoms with Gasteiger partial charge in [0, 0.05) is 12.6 Å². The van der Waals surface area contributed by atoms with Gasteiger partial charge in [-0.05, 0) is 34.1 Å². The fraction of sp³-hybridized carbons (Fsp3) is 0.769. The molecule has 0 rings (SSSR count). The number of hydrogen-bond donors (Lipinski definition) is 2. The van der Waals surface area contributed by atoms with Crippen molar-refractivity contribution < 1.29 is 4.79 Å².